The maximum absolute atomic E-state index is 13.5. The first-order chi connectivity index (χ1) is 10.1. The van der Waals surface area contributed by atoms with Gasteiger partial charge in [0.2, 0.25) is 0 Å². The van der Waals surface area contributed by atoms with Gasteiger partial charge in [0.15, 0.2) is 5.82 Å². The average molecular weight is 289 g/mol. The first kappa shape index (κ1) is 15.2. The molecule has 0 fully saturated rings. The van der Waals surface area contributed by atoms with Gasteiger partial charge in [-0.2, -0.15) is 0 Å². The molecule has 0 saturated carbocycles. The summed E-state index contributed by atoms with van der Waals surface area (Å²) in [5, 5.41) is 3.22. The third-order valence-electron chi connectivity index (χ3n) is 2.97. The van der Waals surface area contributed by atoms with Crippen molar-refractivity contribution in [2.24, 2.45) is 0 Å². The number of aryl methyl sites for hydroxylation is 2. The summed E-state index contributed by atoms with van der Waals surface area (Å²) < 4.78 is 19.0. The van der Waals surface area contributed by atoms with Crippen molar-refractivity contribution in [2.75, 3.05) is 11.9 Å². The Morgan fingerprint density at radius 3 is 2.71 bits per heavy atom. The van der Waals surface area contributed by atoms with Crippen molar-refractivity contribution >= 4 is 5.82 Å². The number of anilines is 1. The lowest BCUT2D eigenvalue weighted by Gasteiger charge is -2.09. The van der Waals surface area contributed by atoms with E-state index in [1.54, 1.807) is 19.1 Å². The summed E-state index contributed by atoms with van der Waals surface area (Å²) in [5.41, 5.74) is 1.47. The highest BCUT2D eigenvalue weighted by molar-refractivity contribution is 5.35. The van der Waals surface area contributed by atoms with E-state index in [1.165, 1.54) is 6.07 Å². The third-order valence-corrected chi connectivity index (χ3v) is 2.97. The maximum atomic E-state index is 13.5. The van der Waals surface area contributed by atoms with E-state index < -0.39 is 0 Å². The summed E-state index contributed by atoms with van der Waals surface area (Å²) in [7, 11) is 0. The van der Waals surface area contributed by atoms with E-state index in [0.717, 1.165) is 24.5 Å². The topological polar surface area (TPSA) is 47.0 Å². The van der Waals surface area contributed by atoms with E-state index in [-0.39, 0.29) is 12.4 Å². The zero-order valence-corrected chi connectivity index (χ0v) is 12.6. The SMILES string of the molecule is CCCNc1cc(C)nc(COc2ccc(C)c(F)c2)n1. The van der Waals surface area contributed by atoms with Crippen LogP contribution in [0, 0.1) is 19.7 Å². The van der Waals surface area contributed by atoms with Gasteiger partial charge in [0.1, 0.15) is 24.0 Å². The van der Waals surface area contributed by atoms with Crippen LogP contribution in [0.3, 0.4) is 0 Å². The van der Waals surface area contributed by atoms with E-state index in [4.69, 9.17) is 4.74 Å². The molecule has 0 aliphatic carbocycles. The Morgan fingerprint density at radius 1 is 1.19 bits per heavy atom. The molecule has 0 spiro atoms. The summed E-state index contributed by atoms with van der Waals surface area (Å²) in [4.78, 5) is 8.71. The molecule has 1 aromatic carbocycles. The summed E-state index contributed by atoms with van der Waals surface area (Å²) in [6, 6.07) is 6.70. The van der Waals surface area contributed by atoms with Crippen molar-refractivity contribution in [1.29, 1.82) is 0 Å². The van der Waals surface area contributed by atoms with Crippen molar-refractivity contribution in [3.8, 4) is 5.75 Å². The standard InChI is InChI=1S/C16H20FN3O/c1-4-7-18-15-8-12(3)19-16(20-15)10-21-13-6-5-11(2)14(17)9-13/h5-6,8-9H,4,7,10H2,1-3H3,(H,18,19,20). The lowest BCUT2D eigenvalue weighted by molar-refractivity contribution is 0.294. The molecule has 0 bridgehead atoms. The van der Waals surface area contributed by atoms with Crippen LogP contribution in [0.1, 0.15) is 30.4 Å². The third kappa shape index (κ3) is 4.41. The van der Waals surface area contributed by atoms with E-state index in [9.17, 15) is 4.39 Å². The fourth-order valence-corrected chi connectivity index (χ4v) is 1.85. The number of nitrogens with one attached hydrogen (secondary N) is 1. The molecular formula is C16H20FN3O. The summed E-state index contributed by atoms with van der Waals surface area (Å²) >= 11 is 0. The minimum atomic E-state index is -0.275. The minimum Gasteiger partial charge on any atom is -0.486 e. The summed E-state index contributed by atoms with van der Waals surface area (Å²) in [6.45, 7) is 6.80. The van der Waals surface area contributed by atoms with Crippen molar-refractivity contribution in [3.63, 3.8) is 0 Å². The van der Waals surface area contributed by atoms with Crippen molar-refractivity contribution in [1.82, 2.24) is 9.97 Å². The van der Waals surface area contributed by atoms with Crippen LogP contribution in [-0.2, 0) is 6.61 Å². The Kier molecular flexibility index (Phi) is 5.09. The molecule has 1 N–H and O–H groups in total. The van der Waals surface area contributed by atoms with Crippen LogP contribution in [0.5, 0.6) is 5.75 Å². The Morgan fingerprint density at radius 2 is 2.00 bits per heavy atom. The van der Waals surface area contributed by atoms with E-state index in [0.29, 0.717) is 17.1 Å². The van der Waals surface area contributed by atoms with Crippen molar-refractivity contribution in [2.45, 2.75) is 33.8 Å². The Balaban J connectivity index is 2.05. The first-order valence-corrected chi connectivity index (χ1v) is 7.06. The van der Waals surface area contributed by atoms with Gasteiger partial charge in [0.05, 0.1) is 0 Å². The van der Waals surface area contributed by atoms with Crippen LogP contribution in [0.25, 0.3) is 0 Å². The number of ether oxygens (including phenoxy) is 1. The monoisotopic (exact) mass is 289 g/mol. The van der Waals surface area contributed by atoms with Gasteiger partial charge < -0.3 is 10.1 Å². The molecule has 0 amide bonds. The molecule has 4 nitrogen and oxygen atoms in total. The Hall–Kier alpha value is -2.17. The van der Waals surface area contributed by atoms with Crippen LogP contribution in [0.15, 0.2) is 24.3 Å². The van der Waals surface area contributed by atoms with Gasteiger partial charge in [-0.3, -0.25) is 0 Å². The normalized spacial score (nSPS) is 10.5. The maximum Gasteiger partial charge on any atom is 0.168 e. The molecule has 0 aliphatic heterocycles. The molecule has 2 rings (SSSR count). The molecule has 0 aliphatic rings. The lowest BCUT2D eigenvalue weighted by atomic mass is 10.2. The number of aromatic nitrogens is 2. The van der Waals surface area contributed by atoms with E-state index in [2.05, 4.69) is 22.2 Å². The van der Waals surface area contributed by atoms with Gasteiger partial charge in [-0.25, -0.2) is 14.4 Å². The highest BCUT2D eigenvalue weighted by Gasteiger charge is 2.05. The summed E-state index contributed by atoms with van der Waals surface area (Å²) in [5.74, 6) is 1.57. The number of hydrogen-bond acceptors (Lipinski definition) is 4. The fourth-order valence-electron chi connectivity index (χ4n) is 1.85. The van der Waals surface area contributed by atoms with Crippen LogP contribution < -0.4 is 10.1 Å². The van der Waals surface area contributed by atoms with Gasteiger partial charge in [0, 0.05) is 24.4 Å². The number of hydrogen-bond donors (Lipinski definition) is 1. The van der Waals surface area contributed by atoms with Gasteiger partial charge in [0.25, 0.3) is 0 Å². The van der Waals surface area contributed by atoms with Crippen LogP contribution in [0.4, 0.5) is 10.2 Å². The Labute approximate surface area is 124 Å². The Bertz CT molecular complexity index is 616. The predicted octanol–water partition coefficient (Wildman–Crippen LogP) is 3.63. The number of rotatable bonds is 6. The quantitative estimate of drug-likeness (QED) is 0.882. The van der Waals surface area contributed by atoms with Gasteiger partial charge >= 0.3 is 0 Å². The second kappa shape index (κ2) is 7.02. The van der Waals surface area contributed by atoms with Crippen LogP contribution >= 0.6 is 0 Å². The second-order valence-corrected chi connectivity index (χ2v) is 4.94. The minimum absolute atomic E-state index is 0.213. The second-order valence-electron chi connectivity index (χ2n) is 4.94. The van der Waals surface area contributed by atoms with Crippen molar-refractivity contribution < 1.29 is 9.13 Å². The molecule has 0 saturated heterocycles. The average Bonchev–Trinajstić information content (AvgIpc) is 2.46. The molecule has 2 aromatic rings. The van der Waals surface area contributed by atoms with Crippen molar-refractivity contribution in [3.05, 3.63) is 47.2 Å². The number of benzene rings is 1. The number of halogens is 1. The molecule has 1 heterocycles. The molecule has 0 radical (unpaired) electrons. The largest absolute Gasteiger partial charge is 0.486 e. The smallest absolute Gasteiger partial charge is 0.168 e. The van der Waals surface area contributed by atoms with Gasteiger partial charge in [-0.1, -0.05) is 13.0 Å². The molecule has 21 heavy (non-hydrogen) atoms. The molecular weight excluding hydrogens is 269 g/mol. The van der Waals surface area contributed by atoms with E-state index in [1.807, 2.05) is 13.0 Å². The molecule has 0 unspecified atom stereocenters. The van der Waals surface area contributed by atoms with Crippen LogP contribution in [-0.4, -0.2) is 16.5 Å². The van der Waals surface area contributed by atoms with Gasteiger partial charge in [-0.15, -0.1) is 0 Å². The lowest BCUT2D eigenvalue weighted by Crippen LogP contribution is -2.08. The zero-order valence-electron chi connectivity index (χ0n) is 12.6. The molecule has 112 valence electrons. The molecule has 1 aromatic heterocycles. The highest BCUT2D eigenvalue weighted by atomic mass is 19.1. The van der Waals surface area contributed by atoms with Gasteiger partial charge in [-0.05, 0) is 31.9 Å². The fraction of sp³-hybridized carbons (Fsp3) is 0.375. The molecule has 5 heteroatoms. The molecule has 0 atom stereocenters. The number of nitrogens with zero attached hydrogens (tertiary/aromatic N) is 2. The summed E-state index contributed by atoms with van der Waals surface area (Å²) in [6.07, 6.45) is 1.03. The first-order valence-electron chi connectivity index (χ1n) is 7.06. The predicted molar refractivity (Wildman–Crippen MR) is 81.0 cm³/mol. The van der Waals surface area contributed by atoms with Crippen LogP contribution in [0.2, 0.25) is 0 Å². The van der Waals surface area contributed by atoms with E-state index >= 15 is 0 Å². The zero-order chi connectivity index (χ0) is 15.2. The highest BCUT2D eigenvalue weighted by Crippen LogP contribution is 2.17.